The lowest BCUT2D eigenvalue weighted by Gasteiger charge is -2.32. The van der Waals surface area contributed by atoms with Crippen molar-refractivity contribution >= 4 is 5.91 Å². The van der Waals surface area contributed by atoms with Crippen LogP contribution in [-0.2, 0) is 0 Å². The maximum Gasteiger partial charge on any atom is 0.255 e. The molecule has 1 aromatic carbocycles. The van der Waals surface area contributed by atoms with Crippen LogP contribution in [0.4, 0.5) is 4.39 Å². The summed E-state index contributed by atoms with van der Waals surface area (Å²) in [6.07, 6.45) is 6.89. The van der Waals surface area contributed by atoms with E-state index < -0.39 is 0 Å². The molecule has 8 heteroatoms. The molecule has 0 bridgehead atoms. The molecule has 0 unspecified atom stereocenters. The first kappa shape index (κ1) is 20.8. The number of amides is 1. The van der Waals surface area contributed by atoms with Gasteiger partial charge in [-0.05, 0) is 49.2 Å². The second-order valence-electron chi connectivity index (χ2n) is 7.91. The van der Waals surface area contributed by atoms with Crippen molar-refractivity contribution in [2.45, 2.75) is 18.8 Å². The quantitative estimate of drug-likeness (QED) is 0.450. The number of hydrogen-bond acceptors (Lipinski definition) is 5. The molecular formula is C25H22FN5O2. The van der Waals surface area contributed by atoms with Crippen LogP contribution in [0.25, 0.3) is 5.82 Å². The Morgan fingerprint density at radius 3 is 2.79 bits per heavy atom. The van der Waals surface area contributed by atoms with Crippen LogP contribution in [-0.4, -0.2) is 43.6 Å². The third-order valence-electron chi connectivity index (χ3n) is 5.62. The molecule has 0 radical (unpaired) electrons. The average molecular weight is 443 g/mol. The van der Waals surface area contributed by atoms with Crippen molar-refractivity contribution < 1.29 is 13.9 Å². The van der Waals surface area contributed by atoms with E-state index in [1.165, 1.54) is 12.1 Å². The van der Waals surface area contributed by atoms with E-state index >= 15 is 0 Å². The number of carbonyl (C=O) groups is 1. The fraction of sp³-hybridized carbons (Fsp3) is 0.200. The van der Waals surface area contributed by atoms with Gasteiger partial charge in [0.05, 0.1) is 5.56 Å². The molecule has 3 aromatic heterocycles. The van der Waals surface area contributed by atoms with Gasteiger partial charge in [0, 0.05) is 55.4 Å². The first-order chi connectivity index (χ1) is 16.2. The highest BCUT2D eigenvalue weighted by molar-refractivity contribution is 5.94. The Morgan fingerprint density at radius 2 is 2.00 bits per heavy atom. The SMILES string of the molecule is O=C(c1ccc(-n2cccn2)nc1)N1CCC[C@@H](c2cccc(Oc3cccc(F)c3)n2)C1. The lowest BCUT2D eigenvalue weighted by Crippen LogP contribution is -2.39. The van der Waals surface area contributed by atoms with Crippen LogP contribution < -0.4 is 4.74 Å². The van der Waals surface area contributed by atoms with E-state index in [9.17, 15) is 9.18 Å². The van der Waals surface area contributed by atoms with Crippen LogP contribution in [0.5, 0.6) is 11.6 Å². The van der Waals surface area contributed by atoms with Crippen LogP contribution >= 0.6 is 0 Å². The maximum absolute atomic E-state index is 13.4. The van der Waals surface area contributed by atoms with Crippen molar-refractivity contribution in [2.24, 2.45) is 0 Å². The van der Waals surface area contributed by atoms with Crippen LogP contribution in [0.1, 0.15) is 34.8 Å². The zero-order valence-corrected chi connectivity index (χ0v) is 17.8. The van der Waals surface area contributed by atoms with Crippen molar-refractivity contribution in [1.82, 2.24) is 24.6 Å². The van der Waals surface area contributed by atoms with Crippen molar-refractivity contribution in [2.75, 3.05) is 13.1 Å². The number of likely N-dealkylation sites (tertiary alicyclic amines) is 1. The standard InChI is InChI=1S/C25H22FN5O2/c26-20-6-1-7-21(15-20)33-24-9-2-8-22(29-24)19-5-3-13-30(17-19)25(32)18-10-11-23(27-16-18)31-14-4-12-28-31/h1-2,4,6-12,14-16,19H,3,5,13,17H2/t19-/m1/s1. The predicted octanol–water partition coefficient (Wildman–Crippen LogP) is 4.61. The fourth-order valence-corrected chi connectivity index (χ4v) is 4.00. The molecule has 1 saturated heterocycles. The molecule has 166 valence electrons. The van der Waals surface area contributed by atoms with Crippen LogP contribution in [0.15, 0.2) is 79.3 Å². The number of aromatic nitrogens is 4. The van der Waals surface area contributed by atoms with Crippen molar-refractivity contribution in [3.63, 3.8) is 0 Å². The Balaban J connectivity index is 1.28. The normalized spacial score (nSPS) is 15.9. The smallest absolute Gasteiger partial charge is 0.255 e. The number of ether oxygens (including phenoxy) is 1. The molecule has 33 heavy (non-hydrogen) atoms. The Kier molecular flexibility index (Phi) is 5.80. The zero-order valence-electron chi connectivity index (χ0n) is 17.8. The molecule has 5 rings (SSSR count). The van der Waals surface area contributed by atoms with Crippen LogP contribution in [0.3, 0.4) is 0 Å². The molecule has 0 saturated carbocycles. The first-order valence-electron chi connectivity index (χ1n) is 10.8. The van der Waals surface area contributed by atoms with Gasteiger partial charge in [0.15, 0.2) is 5.82 Å². The Morgan fingerprint density at radius 1 is 1.09 bits per heavy atom. The number of benzene rings is 1. The summed E-state index contributed by atoms with van der Waals surface area (Å²) in [6.45, 7) is 1.26. The van der Waals surface area contributed by atoms with Gasteiger partial charge in [-0.2, -0.15) is 5.10 Å². The van der Waals surface area contributed by atoms with Gasteiger partial charge in [-0.3, -0.25) is 4.79 Å². The van der Waals surface area contributed by atoms with Gasteiger partial charge in [-0.15, -0.1) is 0 Å². The number of pyridine rings is 2. The van der Waals surface area contributed by atoms with Gasteiger partial charge in [0.1, 0.15) is 11.6 Å². The molecule has 0 N–H and O–H groups in total. The number of piperidine rings is 1. The van der Waals surface area contributed by atoms with Crippen molar-refractivity contribution in [3.05, 3.63) is 96.3 Å². The minimum absolute atomic E-state index is 0.0496. The average Bonchev–Trinajstić information content (AvgIpc) is 3.39. The topological polar surface area (TPSA) is 73.1 Å². The Bertz CT molecular complexity index is 1240. The lowest BCUT2D eigenvalue weighted by atomic mass is 9.94. The number of hydrogen-bond donors (Lipinski definition) is 0. The highest BCUT2D eigenvalue weighted by Crippen LogP contribution is 2.29. The van der Waals surface area contributed by atoms with Gasteiger partial charge in [-0.1, -0.05) is 12.1 Å². The molecule has 1 atom stereocenters. The van der Waals surface area contributed by atoms with Gasteiger partial charge in [0.2, 0.25) is 5.88 Å². The third kappa shape index (κ3) is 4.74. The number of nitrogens with zero attached hydrogens (tertiary/aromatic N) is 5. The number of halogens is 1. The van der Waals surface area contributed by atoms with E-state index in [4.69, 9.17) is 4.74 Å². The summed E-state index contributed by atoms with van der Waals surface area (Å²) in [4.78, 5) is 23.9. The Hall–Kier alpha value is -4.07. The first-order valence-corrected chi connectivity index (χ1v) is 10.8. The monoisotopic (exact) mass is 443 g/mol. The predicted molar refractivity (Wildman–Crippen MR) is 120 cm³/mol. The summed E-state index contributed by atoms with van der Waals surface area (Å²) in [6, 6.07) is 16.9. The van der Waals surface area contributed by atoms with Crippen LogP contribution in [0, 0.1) is 5.82 Å². The van der Waals surface area contributed by atoms with E-state index in [2.05, 4.69) is 15.1 Å². The minimum Gasteiger partial charge on any atom is -0.439 e. The molecular weight excluding hydrogens is 421 g/mol. The number of rotatable bonds is 5. The van der Waals surface area contributed by atoms with Gasteiger partial charge in [0.25, 0.3) is 5.91 Å². The minimum atomic E-state index is -0.364. The van der Waals surface area contributed by atoms with Gasteiger partial charge < -0.3 is 9.64 Å². The lowest BCUT2D eigenvalue weighted by molar-refractivity contribution is 0.0705. The number of carbonyl (C=O) groups excluding carboxylic acids is 1. The van der Waals surface area contributed by atoms with E-state index in [1.54, 1.807) is 53.6 Å². The largest absolute Gasteiger partial charge is 0.439 e. The van der Waals surface area contributed by atoms with E-state index in [1.807, 2.05) is 23.1 Å². The van der Waals surface area contributed by atoms with E-state index in [0.29, 0.717) is 36.1 Å². The molecule has 1 aliphatic rings. The van der Waals surface area contributed by atoms with E-state index in [0.717, 1.165) is 18.5 Å². The molecule has 7 nitrogen and oxygen atoms in total. The highest BCUT2D eigenvalue weighted by atomic mass is 19.1. The molecule has 0 aliphatic carbocycles. The molecule has 4 heterocycles. The van der Waals surface area contributed by atoms with Gasteiger partial charge >= 0.3 is 0 Å². The van der Waals surface area contributed by atoms with Crippen molar-refractivity contribution in [3.8, 4) is 17.4 Å². The summed E-state index contributed by atoms with van der Waals surface area (Å²) >= 11 is 0. The molecule has 1 fully saturated rings. The fourth-order valence-electron chi connectivity index (χ4n) is 4.00. The summed E-state index contributed by atoms with van der Waals surface area (Å²) in [5.74, 6) is 1.14. The van der Waals surface area contributed by atoms with Gasteiger partial charge in [-0.25, -0.2) is 19.0 Å². The van der Waals surface area contributed by atoms with Crippen LogP contribution in [0.2, 0.25) is 0 Å². The summed E-state index contributed by atoms with van der Waals surface area (Å²) in [7, 11) is 0. The zero-order chi connectivity index (χ0) is 22.6. The highest BCUT2D eigenvalue weighted by Gasteiger charge is 2.27. The molecule has 1 aliphatic heterocycles. The molecule has 0 spiro atoms. The summed E-state index contributed by atoms with van der Waals surface area (Å²) < 4.78 is 20.8. The third-order valence-corrected chi connectivity index (χ3v) is 5.62. The maximum atomic E-state index is 13.4. The second kappa shape index (κ2) is 9.20. The molecule has 4 aromatic rings. The summed E-state index contributed by atoms with van der Waals surface area (Å²) in [5.41, 5.74) is 1.40. The molecule has 1 amide bonds. The summed E-state index contributed by atoms with van der Waals surface area (Å²) in [5, 5.41) is 4.16. The second-order valence-corrected chi connectivity index (χ2v) is 7.91. The van der Waals surface area contributed by atoms with Crippen molar-refractivity contribution in [1.29, 1.82) is 0 Å². The Labute approximate surface area is 190 Å². The van der Waals surface area contributed by atoms with E-state index in [-0.39, 0.29) is 17.6 Å².